The average molecular weight is 257 g/mol. The highest BCUT2D eigenvalue weighted by Gasteiger charge is 2.12. The summed E-state index contributed by atoms with van der Waals surface area (Å²) in [5.41, 5.74) is 6.57. The predicted octanol–water partition coefficient (Wildman–Crippen LogP) is 1.08. The lowest BCUT2D eigenvalue weighted by Gasteiger charge is -2.06. The number of benzene rings is 1. The van der Waals surface area contributed by atoms with Crippen LogP contribution in [0.15, 0.2) is 23.1 Å². The Labute approximate surface area is 100 Å². The number of hydrogen-bond donors (Lipinski definition) is 2. The number of nitrogen functional groups attached to an aromatic ring is 1. The molecule has 0 saturated heterocycles. The number of anilines is 1. The molecule has 0 unspecified atom stereocenters. The van der Waals surface area contributed by atoms with Crippen LogP contribution in [0, 0.1) is 0 Å². The second-order valence-electron chi connectivity index (χ2n) is 3.89. The number of hydrogen-bond acceptors (Lipinski definition) is 4. The molecule has 0 fully saturated rings. The van der Waals surface area contributed by atoms with Crippen molar-refractivity contribution in [2.75, 3.05) is 12.0 Å². The van der Waals surface area contributed by atoms with Gasteiger partial charge in [-0.15, -0.1) is 0 Å². The Bertz CT molecular complexity index is 522. The SMILES string of the molecule is CS(=O)(=O)c1cc(CCCC(=O)O)ccc1N. The number of rotatable bonds is 5. The standard InChI is InChI=1S/C11H15NO4S/c1-17(15,16)10-7-8(5-6-9(10)12)3-2-4-11(13)14/h5-7H,2-4,12H2,1H3,(H,13,14). The maximum Gasteiger partial charge on any atom is 0.303 e. The Morgan fingerprint density at radius 3 is 2.59 bits per heavy atom. The van der Waals surface area contributed by atoms with Crippen molar-refractivity contribution in [1.82, 2.24) is 0 Å². The summed E-state index contributed by atoms with van der Waals surface area (Å²) < 4.78 is 22.8. The van der Waals surface area contributed by atoms with Crippen LogP contribution in [0.5, 0.6) is 0 Å². The normalized spacial score (nSPS) is 11.4. The first-order chi connectivity index (χ1) is 7.80. The molecule has 0 aliphatic carbocycles. The van der Waals surface area contributed by atoms with Gasteiger partial charge in [0.05, 0.1) is 10.6 Å². The zero-order valence-electron chi connectivity index (χ0n) is 9.51. The lowest BCUT2D eigenvalue weighted by atomic mass is 10.1. The van der Waals surface area contributed by atoms with E-state index in [1.165, 1.54) is 12.1 Å². The van der Waals surface area contributed by atoms with Crippen molar-refractivity contribution in [2.45, 2.75) is 24.2 Å². The average Bonchev–Trinajstić information content (AvgIpc) is 2.18. The van der Waals surface area contributed by atoms with Crippen molar-refractivity contribution in [3.8, 4) is 0 Å². The summed E-state index contributed by atoms with van der Waals surface area (Å²) in [6.45, 7) is 0. The molecule has 0 saturated carbocycles. The minimum Gasteiger partial charge on any atom is -0.481 e. The Kier molecular flexibility index (Phi) is 4.11. The predicted molar refractivity (Wildman–Crippen MR) is 64.5 cm³/mol. The van der Waals surface area contributed by atoms with E-state index in [-0.39, 0.29) is 17.0 Å². The lowest BCUT2D eigenvalue weighted by Crippen LogP contribution is -2.04. The number of carboxylic acid groups (broad SMARTS) is 1. The molecular formula is C11H15NO4S. The van der Waals surface area contributed by atoms with Gasteiger partial charge in [0.15, 0.2) is 9.84 Å². The Morgan fingerprint density at radius 1 is 1.41 bits per heavy atom. The van der Waals surface area contributed by atoms with Gasteiger partial charge in [-0.05, 0) is 30.5 Å². The summed E-state index contributed by atoms with van der Waals surface area (Å²) >= 11 is 0. The van der Waals surface area contributed by atoms with Crippen molar-refractivity contribution < 1.29 is 18.3 Å². The molecule has 0 radical (unpaired) electrons. The van der Waals surface area contributed by atoms with E-state index in [1.807, 2.05) is 0 Å². The highest BCUT2D eigenvalue weighted by atomic mass is 32.2. The Balaban J connectivity index is 2.86. The van der Waals surface area contributed by atoms with Gasteiger partial charge in [0, 0.05) is 12.7 Å². The molecule has 0 atom stereocenters. The molecule has 0 bridgehead atoms. The fourth-order valence-corrected chi connectivity index (χ4v) is 2.36. The zero-order chi connectivity index (χ0) is 13.1. The number of aryl methyl sites for hydroxylation is 1. The van der Waals surface area contributed by atoms with Crippen LogP contribution in [0.4, 0.5) is 5.69 Å². The smallest absolute Gasteiger partial charge is 0.303 e. The highest BCUT2D eigenvalue weighted by Crippen LogP contribution is 2.20. The third-order valence-electron chi connectivity index (χ3n) is 2.33. The van der Waals surface area contributed by atoms with Gasteiger partial charge in [-0.3, -0.25) is 4.79 Å². The Morgan fingerprint density at radius 2 is 2.06 bits per heavy atom. The van der Waals surface area contributed by atoms with E-state index in [9.17, 15) is 13.2 Å². The summed E-state index contributed by atoms with van der Waals surface area (Å²) in [6.07, 6.45) is 2.16. The summed E-state index contributed by atoms with van der Waals surface area (Å²) in [4.78, 5) is 10.5. The summed E-state index contributed by atoms with van der Waals surface area (Å²) in [6, 6.07) is 4.75. The van der Waals surface area contributed by atoms with E-state index in [0.717, 1.165) is 11.8 Å². The number of aliphatic carboxylic acids is 1. The van der Waals surface area contributed by atoms with Crippen LogP contribution in [-0.2, 0) is 21.1 Å². The van der Waals surface area contributed by atoms with Crippen LogP contribution in [-0.4, -0.2) is 25.7 Å². The van der Waals surface area contributed by atoms with Crippen LogP contribution >= 0.6 is 0 Å². The topological polar surface area (TPSA) is 97.5 Å². The number of carbonyl (C=O) groups is 1. The van der Waals surface area contributed by atoms with Gasteiger partial charge in [-0.1, -0.05) is 6.07 Å². The molecule has 0 heterocycles. The fraction of sp³-hybridized carbons (Fsp3) is 0.364. The molecule has 1 aromatic carbocycles. The second-order valence-corrected chi connectivity index (χ2v) is 5.88. The Hall–Kier alpha value is -1.56. The third kappa shape index (κ3) is 4.07. The fourth-order valence-electron chi connectivity index (χ4n) is 1.50. The van der Waals surface area contributed by atoms with Crippen molar-refractivity contribution >= 4 is 21.5 Å². The van der Waals surface area contributed by atoms with Crippen LogP contribution in [0.25, 0.3) is 0 Å². The quantitative estimate of drug-likeness (QED) is 0.769. The van der Waals surface area contributed by atoms with Gasteiger partial charge in [-0.2, -0.15) is 0 Å². The molecule has 0 aliphatic heterocycles. The molecule has 5 nitrogen and oxygen atoms in total. The maximum atomic E-state index is 11.4. The summed E-state index contributed by atoms with van der Waals surface area (Å²) in [7, 11) is -3.34. The van der Waals surface area contributed by atoms with Gasteiger partial charge < -0.3 is 10.8 Å². The molecule has 17 heavy (non-hydrogen) atoms. The van der Waals surface area contributed by atoms with Gasteiger partial charge in [0.2, 0.25) is 0 Å². The zero-order valence-corrected chi connectivity index (χ0v) is 10.3. The van der Waals surface area contributed by atoms with E-state index in [4.69, 9.17) is 10.8 Å². The van der Waals surface area contributed by atoms with E-state index < -0.39 is 15.8 Å². The van der Waals surface area contributed by atoms with E-state index in [0.29, 0.717) is 12.8 Å². The highest BCUT2D eigenvalue weighted by molar-refractivity contribution is 7.90. The van der Waals surface area contributed by atoms with Crippen LogP contribution < -0.4 is 5.73 Å². The molecule has 94 valence electrons. The molecule has 0 spiro atoms. The molecule has 0 amide bonds. The first-order valence-corrected chi connectivity index (χ1v) is 7.00. The molecule has 1 rings (SSSR count). The third-order valence-corrected chi connectivity index (χ3v) is 3.49. The minimum absolute atomic E-state index is 0.0680. The van der Waals surface area contributed by atoms with Crippen LogP contribution in [0.1, 0.15) is 18.4 Å². The van der Waals surface area contributed by atoms with Gasteiger partial charge in [-0.25, -0.2) is 8.42 Å². The molecule has 6 heteroatoms. The van der Waals surface area contributed by atoms with Crippen molar-refractivity contribution in [1.29, 1.82) is 0 Å². The van der Waals surface area contributed by atoms with Gasteiger partial charge >= 0.3 is 5.97 Å². The number of sulfone groups is 1. The molecule has 0 aromatic heterocycles. The van der Waals surface area contributed by atoms with Gasteiger partial charge in [0.1, 0.15) is 0 Å². The monoisotopic (exact) mass is 257 g/mol. The van der Waals surface area contributed by atoms with E-state index >= 15 is 0 Å². The summed E-state index contributed by atoms with van der Waals surface area (Å²) in [5.74, 6) is -0.858. The van der Waals surface area contributed by atoms with E-state index in [2.05, 4.69) is 0 Å². The van der Waals surface area contributed by atoms with E-state index in [1.54, 1.807) is 6.07 Å². The van der Waals surface area contributed by atoms with Crippen LogP contribution in [0.3, 0.4) is 0 Å². The first-order valence-electron chi connectivity index (χ1n) is 5.11. The van der Waals surface area contributed by atoms with Crippen molar-refractivity contribution in [3.05, 3.63) is 23.8 Å². The molecule has 0 aliphatic rings. The second kappa shape index (κ2) is 5.18. The summed E-state index contributed by atoms with van der Waals surface area (Å²) in [5, 5.41) is 8.50. The molecule has 3 N–H and O–H groups in total. The lowest BCUT2D eigenvalue weighted by molar-refractivity contribution is -0.137. The van der Waals surface area contributed by atoms with Crippen molar-refractivity contribution in [2.24, 2.45) is 0 Å². The van der Waals surface area contributed by atoms with Crippen molar-refractivity contribution in [3.63, 3.8) is 0 Å². The minimum atomic E-state index is -3.34. The van der Waals surface area contributed by atoms with Gasteiger partial charge in [0.25, 0.3) is 0 Å². The number of nitrogens with two attached hydrogens (primary N) is 1. The first kappa shape index (κ1) is 13.5. The number of carboxylic acids is 1. The molecular weight excluding hydrogens is 242 g/mol. The maximum absolute atomic E-state index is 11.4. The molecule has 1 aromatic rings. The largest absolute Gasteiger partial charge is 0.481 e. The van der Waals surface area contributed by atoms with Crippen LogP contribution in [0.2, 0.25) is 0 Å².